The van der Waals surface area contributed by atoms with Gasteiger partial charge in [-0.25, -0.2) is 0 Å². The summed E-state index contributed by atoms with van der Waals surface area (Å²) in [5.41, 5.74) is 0. The first kappa shape index (κ1) is 17.2. The standard InChI is InChI=1S/C22H32O4/c1-2-4-16(12-25-19-5-3-8-24-19)26-22(23)18-11-15-10-17(18)21-14-7-6-13(9-14)20(15)21/h6-7,13-21H,2-5,8-12H2,1H3. The molecule has 1 saturated heterocycles. The van der Waals surface area contributed by atoms with E-state index in [1.54, 1.807) is 0 Å². The van der Waals surface area contributed by atoms with E-state index in [2.05, 4.69) is 19.1 Å². The Kier molecular flexibility index (Phi) is 4.60. The average Bonchev–Trinajstić information content (AvgIpc) is 3.45. The van der Waals surface area contributed by atoms with Gasteiger partial charge < -0.3 is 14.2 Å². The number of hydrogen-bond donors (Lipinski definition) is 0. The summed E-state index contributed by atoms with van der Waals surface area (Å²) < 4.78 is 17.4. The van der Waals surface area contributed by atoms with E-state index >= 15 is 0 Å². The molecule has 0 aromatic carbocycles. The number of carbonyl (C=O) groups excluding carboxylic acids is 1. The average molecular weight is 360 g/mol. The zero-order chi connectivity index (χ0) is 17.7. The first-order chi connectivity index (χ1) is 12.7. The van der Waals surface area contributed by atoms with Crippen molar-refractivity contribution < 1.29 is 19.0 Å². The van der Waals surface area contributed by atoms with Crippen molar-refractivity contribution in [2.45, 2.75) is 64.3 Å². The van der Waals surface area contributed by atoms with Gasteiger partial charge in [0.05, 0.1) is 12.5 Å². The van der Waals surface area contributed by atoms with Crippen LogP contribution in [0.15, 0.2) is 12.2 Å². The summed E-state index contributed by atoms with van der Waals surface area (Å²) in [7, 11) is 0. The first-order valence-electron chi connectivity index (χ1n) is 10.9. The molecular weight excluding hydrogens is 328 g/mol. The lowest BCUT2D eigenvalue weighted by Crippen LogP contribution is -2.37. The van der Waals surface area contributed by atoms with E-state index in [1.165, 1.54) is 12.8 Å². The summed E-state index contributed by atoms with van der Waals surface area (Å²) >= 11 is 0. The third kappa shape index (κ3) is 2.84. The van der Waals surface area contributed by atoms with Gasteiger partial charge in [-0.05, 0) is 67.6 Å². The van der Waals surface area contributed by atoms with E-state index in [1.807, 2.05) is 0 Å². The van der Waals surface area contributed by atoms with Crippen LogP contribution >= 0.6 is 0 Å². The van der Waals surface area contributed by atoms with Gasteiger partial charge in [-0.15, -0.1) is 0 Å². The van der Waals surface area contributed by atoms with Crippen LogP contribution in [0.1, 0.15) is 51.9 Å². The van der Waals surface area contributed by atoms with Gasteiger partial charge in [-0.2, -0.15) is 0 Å². The molecule has 9 atom stereocenters. The van der Waals surface area contributed by atoms with Gasteiger partial charge in [0.25, 0.3) is 0 Å². The molecule has 4 aliphatic carbocycles. The highest BCUT2D eigenvalue weighted by atomic mass is 16.7. The lowest BCUT2D eigenvalue weighted by Gasteiger charge is -2.36. The fourth-order valence-electron chi connectivity index (χ4n) is 6.93. The van der Waals surface area contributed by atoms with Crippen molar-refractivity contribution in [3.63, 3.8) is 0 Å². The van der Waals surface area contributed by atoms with Crippen LogP contribution in [0.4, 0.5) is 0 Å². The number of rotatable bonds is 7. The van der Waals surface area contributed by atoms with E-state index in [9.17, 15) is 4.79 Å². The molecule has 144 valence electrons. The fraction of sp³-hybridized carbons (Fsp3) is 0.864. The van der Waals surface area contributed by atoms with Crippen LogP contribution < -0.4 is 0 Å². The molecule has 5 rings (SSSR count). The molecule has 4 fully saturated rings. The highest BCUT2D eigenvalue weighted by Crippen LogP contribution is 2.67. The van der Waals surface area contributed by atoms with E-state index in [0.717, 1.165) is 68.3 Å². The molecule has 1 heterocycles. The SMILES string of the molecule is CCCC(COC1CCCO1)OC(=O)C1CC2CC1C1C3C=CC(C3)C21. The molecular formula is C22H32O4. The Labute approximate surface area is 156 Å². The molecule has 4 heteroatoms. The largest absolute Gasteiger partial charge is 0.460 e. The third-order valence-electron chi connectivity index (χ3n) is 7.82. The molecule has 5 aliphatic rings. The molecule has 4 bridgehead atoms. The van der Waals surface area contributed by atoms with E-state index in [-0.39, 0.29) is 24.3 Å². The van der Waals surface area contributed by atoms with Crippen molar-refractivity contribution in [3.8, 4) is 0 Å². The monoisotopic (exact) mass is 360 g/mol. The molecule has 0 radical (unpaired) electrons. The van der Waals surface area contributed by atoms with Crippen molar-refractivity contribution in [3.05, 3.63) is 12.2 Å². The van der Waals surface area contributed by atoms with Crippen LogP contribution in [-0.2, 0) is 19.0 Å². The van der Waals surface area contributed by atoms with Crippen LogP contribution in [0, 0.1) is 41.4 Å². The lowest BCUT2D eigenvalue weighted by atomic mass is 9.69. The Balaban J connectivity index is 1.19. The highest BCUT2D eigenvalue weighted by molar-refractivity contribution is 5.74. The molecule has 0 aromatic heterocycles. The number of carbonyl (C=O) groups is 1. The quantitative estimate of drug-likeness (QED) is 0.392. The maximum absolute atomic E-state index is 13.0. The van der Waals surface area contributed by atoms with Gasteiger partial charge in [0.1, 0.15) is 6.10 Å². The minimum absolute atomic E-state index is 0.0529. The topological polar surface area (TPSA) is 44.8 Å². The van der Waals surface area contributed by atoms with Crippen molar-refractivity contribution in [2.75, 3.05) is 13.2 Å². The summed E-state index contributed by atoms with van der Waals surface area (Å²) in [5.74, 6) is 4.69. The first-order valence-corrected chi connectivity index (χ1v) is 10.9. The second kappa shape index (κ2) is 6.94. The summed E-state index contributed by atoms with van der Waals surface area (Å²) in [4.78, 5) is 13.0. The molecule has 1 aliphatic heterocycles. The fourth-order valence-corrected chi connectivity index (χ4v) is 6.93. The smallest absolute Gasteiger partial charge is 0.309 e. The Morgan fingerprint density at radius 3 is 2.81 bits per heavy atom. The number of allylic oxidation sites excluding steroid dienone is 2. The zero-order valence-electron chi connectivity index (χ0n) is 15.8. The van der Waals surface area contributed by atoms with Gasteiger partial charge in [0, 0.05) is 13.0 Å². The summed E-state index contributed by atoms with van der Waals surface area (Å²) in [6, 6.07) is 0. The van der Waals surface area contributed by atoms with Crippen LogP contribution in [-0.4, -0.2) is 31.6 Å². The van der Waals surface area contributed by atoms with Crippen molar-refractivity contribution in [1.29, 1.82) is 0 Å². The van der Waals surface area contributed by atoms with E-state index in [4.69, 9.17) is 14.2 Å². The zero-order valence-corrected chi connectivity index (χ0v) is 15.8. The molecule has 0 N–H and O–H groups in total. The van der Waals surface area contributed by atoms with Crippen LogP contribution in [0.5, 0.6) is 0 Å². The second-order valence-electron chi connectivity index (χ2n) is 9.23. The Hall–Kier alpha value is -0.870. The van der Waals surface area contributed by atoms with Gasteiger partial charge in [-0.1, -0.05) is 25.5 Å². The molecule has 4 nitrogen and oxygen atoms in total. The van der Waals surface area contributed by atoms with Crippen LogP contribution in [0.3, 0.4) is 0 Å². The summed E-state index contributed by atoms with van der Waals surface area (Å²) in [6.07, 6.45) is 12.2. The van der Waals surface area contributed by atoms with Gasteiger partial charge in [0.15, 0.2) is 6.29 Å². The number of esters is 1. The van der Waals surface area contributed by atoms with E-state index < -0.39 is 0 Å². The number of fused-ring (bicyclic) bond motifs is 9. The predicted molar refractivity (Wildman–Crippen MR) is 97.1 cm³/mol. The second-order valence-corrected chi connectivity index (χ2v) is 9.23. The number of ether oxygens (including phenoxy) is 3. The highest BCUT2D eigenvalue weighted by Gasteiger charge is 2.62. The minimum Gasteiger partial charge on any atom is -0.460 e. The Morgan fingerprint density at radius 2 is 2.04 bits per heavy atom. The van der Waals surface area contributed by atoms with Gasteiger partial charge >= 0.3 is 5.97 Å². The number of hydrogen-bond acceptors (Lipinski definition) is 4. The molecule has 26 heavy (non-hydrogen) atoms. The molecule has 3 saturated carbocycles. The van der Waals surface area contributed by atoms with Gasteiger partial charge in [0.2, 0.25) is 0 Å². The van der Waals surface area contributed by atoms with Crippen molar-refractivity contribution in [2.24, 2.45) is 41.4 Å². The van der Waals surface area contributed by atoms with Crippen molar-refractivity contribution in [1.82, 2.24) is 0 Å². The Morgan fingerprint density at radius 1 is 1.19 bits per heavy atom. The predicted octanol–water partition coefficient (Wildman–Crippen LogP) is 3.95. The summed E-state index contributed by atoms with van der Waals surface area (Å²) in [6.45, 7) is 3.40. The van der Waals surface area contributed by atoms with Crippen LogP contribution in [0.25, 0.3) is 0 Å². The Bertz CT molecular complexity index is 566. The van der Waals surface area contributed by atoms with Crippen LogP contribution in [0.2, 0.25) is 0 Å². The van der Waals surface area contributed by atoms with E-state index in [0.29, 0.717) is 12.5 Å². The molecule has 0 aromatic rings. The summed E-state index contributed by atoms with van der Waals surface area (Å²) in [5, 5.41) is 0. The third-order valence-corrected chi connectivity index (χ3v) is 7.82. The minimum atomic E-state index is -0.119. The molecule has 0 amide bonds. The molecule has 0 spiro atoms. The van der Waals surface area contributed by atoms with Gasteiger partial charge in [-0.3, -0.25) is 4.79 Å². The normalized spacial score (nSPS) is 46.0. The lowest BCUT2D eigenvalue weighted by molar-refractivity contribution is -0.171. The molecule has 9 unspecified atom stereocenters. The van der Waals surface area contributed by atoms with Crippen molar-refractivity contribution >= 4 is 5.97 Å². The maximum Gasteiger partial charge on any atom is 0.309 e. The maximum atomic E-state index is 13.0.